The number of likely N-dealkylation sites (tertiary alicyclic amines) is 1. The third-order valence-electron chi connectivity index (χ3n) is 4.56. The Kier molecular flexibility index (Phi) is 9.32. The number of benzene rings is 1. The van der Waals surface area contributed by atoms with Gasteiger partial charge in [-0.05, 0) is 50.8 Å². The van der Waals surface area contributed by atoms with Gasteiger partial charge >= 0.3 is 0 Å². The smallest absolute Gasteiger partial charge is 0.194 e. The van der Waals surface area contributed by atoms with E-state index in [-0.39, 0.29) is 0 Å². The first-order valence-corrected chi connectivity index (χ1v) is 10.1. The van der Waals surface area contributed by atoms with Gasteiger partial charge in [-0.1, -0.05) is 25.5 Å². The summed E-state index contributed by atoms with van der Waals surface area (Å²) in [7, 11) is 0. The summed E-state index contributed by atoms with van der Waals surface area (Å²) in [4.78, 5) is 7.20. The summed E-state index contributed by atoms with van der Waals surface area (Å²) < 4.78 is 11.6. The Balaban J connectivity index is 1.93. The van der Waals surface area contributed by atoms with Gasteiger partial charge in [0, 0.05) is 26.2 Å². The van der Waals surface area contributed by atoms with E-state index >= 15 is 0 Å². The molecule has 1 fully saturated rings. The van der Waals surface area contributed by atoms with Crippen LogP contribution >= 0.6 is 0 Å². The molecule has 0 amide bonds. The molecule has 1 saturated heterocycles. The van der Waals surface area contributed by atoms with Crippen LogP contribution in [0.15, 0.2) is 29.3 Å². The SMILES string of the molecule is CCCCOc1cccc(CN=C(NCC)N2CCC(OCC)CC2)c1. The van der Waals surface area contributed by atoms with Crippen LogP contribution in [0, 0.1) is 0 Å². The van der Waals surface area contributed by atoms with Crippen LogP contribution in [-0.4, -0.2) is 49.8 Å². The van der Waals surface area contributed by atoms with Gasteiger partial charge in [0.25, 0.3) is 0 Å². The molecule has 5 heteroatoms. The monoisotopic (exact) mass is 361 g/mol. The van der Waals surface area contributed by atoms with Crippen molar-refractivity contribution in [2.45, 2.75) is 59.1 Å². The Labute approximate surface area is 158 Å². The number of rotatable bonds is 9. The van der Waals surface area contributed by atoms with Crippen molar-refractivity contribution < 1.29 is 9.47 Å². The maximum atomic E-state index is 5.80. The van der Waals surface area contributed by atoms with Gasteiger partial charge in [0.05, 0.1) is 19.3 Å². The molecule has 0 radical (unpaired) electrons. The number of aliphatic imine (C=N–C) groups is 1. The molecule has 1 heterocycles. The van der Waals surface area contributed by atoms with Gasteiger partial charge in [0.1, 0.15) is 5.75 Å². The fourth-order valence-electron chi connectivity index (χ4n) is 3.13. The second kappa shape index (κ2) is 11.8. The zero-order chi connectivity index (χ0) is 18.6. The number of nitrogens with one attached hydrogen (secondary N) is 1. The van der Waals surface area contributed by atoms with Crippen molar-refractivity contribution in [3.63, 3.8) is 0 Å². The van der Waals surface area contributed by atoms with Crippen molar-refractivity contribution in [2.24, 2.45) is 4.99 Å². The first-order chi connectivity index (χ1) is 12.8. The predicted octanol–water partition coefficient (Wildman–Crippen LogP) is 3.83. The summed E-state index contributed by atoms with van der Waals surface area (Å²) in [5, 5.41) is 3.43. The molecule has 0 unspecified atom stereocenters. The lowest BCUT2D eigenvalue weighted by molar-refractivity contribution is 0.0263. The zero-order valence-electron chi connectivity index (χ0n) is 16.7. The molecule has 146 valence electrons. The average Bonchev–Trinajstić information content (AvgIpc) is 2.67. The molecule has 0 bridgehead atoms. The topological polar surface area (TPSA) is 46.1 Å². The van der Waals surface area contributed by atoms with Crippen LogP contribution in [0.25, 0.3) is 0 Å². The number of unbranched alkanes of at least 4 members (excludes halogenated alkanes) is 1. The molecule has 5 nitrogen and oxygen atoms in total. The molecule has 1 aromatic carbocycles. The summed E-state index contributed by atoms with van der Waals surface area (Å²) >= 11 is 0. The lowest BCUT2D eigenvalue weighted by Gasteiger charge is -2.34. The van der Waals surface area contributed by atoms with E-state index in [0.29, 0.717) is 12.6 Å². The summed E-state index contributed by atoms with van der Waals surface area (Å²) in [6.45, 7) is 11.5. The first-order valence-electron chi connectivity index (χ1n) is 10.1. The quantitative estimate of drug-likeness (QED) is 0.412. The number of hydrogen-bond acceptors (Lipinski definition) is 3. The Morgan fingerprint density at radius 3 is 2.73 bits per heavy atom. The maximum absolute atomic E-state index is 5.80. The standard InChI is InChI=1S/C21H35N3O2/c1-4-7-15-26-20-10-8-9-18(16-20)17-23-21(22-5-2)24-13-11-19(12-14-24)25-6-3/h8-10,16,19H,4-7,11-15,17H2,1-3H3,(H,22,23). The minimum Gasteiger partial charge on any atom is -0.494 e. The van der Waals surface area contributed by atoms with Crippen molar-refractivity contribution in [3.8, 4) is 5.75 Å². The van der Waals surface area contributed by atoms with Crippen LogP contribution in [-0.2, 0) is 11.3 Å². The molecule has 1 aromatic rings. The second-order valence-electron chi connectivity index (χ2n) is 6.66. The molecule has 0 atom stereocenters. The van der Waals surface area contributed by atoms with E-state index in [9.17, 15) is 0 Å². The fraction of sp³-hybridized carbons (Fsp3) is 0.667. The number of piperidine rings is 1. The Bertz CT molecular complexity index is 540. The summed E-state index contributed by atoms with van der Waals surface area (Å²) in [6.07, 6.45) is 4.77. The van der Waals surface area contributed by atoms with Gasteiger partial charge in [-0.3, -0.25) is 0 Å². The zero-order valence-corrected chi connectivity index (χ0v) is 16.7. The van der Waals surface area contributed by atoms with Gasteiger partial charge < -0.3 is 19.7 Å². The molecule has 0 aromatic heterocycles. The maximum Gasteiger partial charge on any atom is 0.194 e. The fourth-order valence-corrected chi connectivity index (χ4v) is 3.13. The van der Waals surface area contributed by atoms with Crippen molar-refractivity contribution in [2.75, 3.05) is 32.8 Å². The van der Waals surface area contributed by atoms with Gasteiger partial charge in [-0.25, -0.2) is 4.99 Å². The van der Waals surface area contributed by atoms with Crippen LogP contribution in [0.5, 0.6) is 5.75 Å². The molecule has 2 rings (SSSR count). The molecular weight excluding hydrogens is 326 g/mol. The highest BCUT2D eigenvalue weighted by Crippen LogP contribution is 2.16. The van der Waals surface area contributed by atoms with E-state index < -0.39 is 0 Å². The van der Waals surface area contributed by atoms with E-state index in [1.165, 1.54) is 5.56 Å². The predicted molar refractivity (Wildman–Crippen MR) is 108 cm³/mol. The highest BCUT2D eigenvalue weighted by molar-refractivity contribution is 5.80. The molecule has 0 saturated carbocycles. The van der Waals surface area contributed by atoms with Crippen molar-refractivity contribution in [1.82, 2.24) is 10.2 Å². The summed E-state index contributed by atoms with van der Waals surface area (Å²) in [5.74, 6) is 1.94. The van der Waals surface area contributed by atoms with E-state index in [4.69, 9.17) is 14.5 Å². The molecule has 0 aliphatic carbocycles. The van der Waals surface area contributed by atoms with Crippen molar-refractivity contribution in [1.29, 1.82) is 0 Å². The highest BCUT2D eigenvalue weighted by atomic mass is 16.5. The third kappa shape index (κ3) is 6.87. The normalized spacial score (nSPS) is 16.0. The number of ether oxygens (including phenoxy) is 2. The number of hydrogen-bond donors (Lipinski definition) is 1. The van der Waals surface area contributed by atoms with Crippen LogP contribution < -0.4 is 10.1 Å². The van der Waals surface area contributed by atoms with Crippen LogP contribution in [0.4, 0.5) is 0 Å². The first kappa shape index (κ1) is 20.6. The van der Waals surface area contributed by atoms with Gasteiger partial charge in [0.2, 0.25) is 0 Å². The third-order valence-corrected chi connectivity index (χ3v) is 4.56. The second-order valence-corrected chi connectivity index (χ2v) is 6.66. The van der Waals surface area contributed by atoms with Crippen LogP contribution in [0.1, 0.15) is 52.0 Å². The lowest BCUT2D eigenvalue weighted by atomic mass is 10.1. The lowest BCUT2D eigenvalue weighted by Crippen LogP contribution is -2.47. The molecular formula is C21H35N3O2. The molecule has 1 N–H and O–H groups in total. The Morgan fingerprint density at radius 1 is 1.23 bits per heavy atom. The van der Waals surface area contributed by atoms with Crippen molar-refractivity contribution >= 4 is 5.96 Å². The van der Waals surface area contributed by atoms with Crippen LogP contribution in [0.3, 0.4) is 0 Å². The Morgan fingerprint density at radius 2 is 2.04 bits per heavy atom. The van der Waals surface area contributed by atoms with E-state index in [1.807, 2.05) is 12.1 Å². The Hall–Kier alpha value is -1.75. The highest BCUT2D eigenvalue weighted by Gasteiger charge is 2.21. The number of nitrogens with zero attached hydrogens (tertiary/aromatic N) is 2. The van der Waals surface area contributed by atoms with Crippen LogP contribution in [0.2, 0.25) is 0 Å². The van der Waals surface area contributed by atoms with Gasteiger partial charge in [0.15, 0.2) is 5.96 Å². The molecule has 1 aliphatic rings. The minimum atomic E-state index is 0.399. The average molecular weight is 362 g/mol. The summed E-state index contributed by atoms with van der Waals surface area (Å²) in [6, 6.07) is 8.28. The van der Waals surface area contributed by atoms with E-state index in [1.54, 1.807) is 0 Å². The molecule has 1 aliphatic heterocycles. The van der Waals surface area contributed by atoms with Gasteiger partial charge in [-0.15, -0.1) is 0 Å². The van der Waals surface area contributed by atoms with E-state index in [0.717, 1.165) is 70.2 Å². The minimum absolute atomic E-state index is 0.399. The molecule has 0 spiro atoms. The van der Waals surface area contributed by atoms with E-state index in [2.05, 4.69) is 43.1 Å². The van der Waals surface area contributed by atoms with Gasteiger partial charge in [-0.2, -0.15) is 0 Å². The number of guanidine groups is 1. The molecule has 26 heavy (non-hydrogen) atoms. The van der Waals surface area contributed by atoms with Crippen molar-refractivity contribution in [3.05, 3.63) is 29.8 Å². The summed E-state index contributed by atoms with van der Waals surface area (Å²) in [5.41, 5.74) is 1.18. The largest absolute Gasteiger partial charge is 0.494 e.